The van der Waals surface area contributed by atoms with Gasteiger partial charge in [0.25, 0.3) is 0 Å². The summed E-state index contributed by atoms with van der Waals surface area (Å²) in [5, 5.41) is 0.687. The van der Waals surface area contributed by atoms with Crippen LogP contribution in [0.25, 0.3) is 0 Å². The molecule has 0 bridgehead atoms. The number of hydrogen-bond donors (Lipinski definition) is 0. The summed E-state index contributed by atoms with van der Waals surface area (Å²) in [7, 11) is 0. The highest BCUT2D eigenvalue weighted by Gasteiger charge is 2.03. The Kier molecular flexibility index (Phi) is 4.66. The van der Waals surface area contributed by atoms with Gasteiger partial charge in [-0.05, 0) is 12.5 Å². The van der Waals surface area contributed by atoms with Gasteiger partial charge in [0.1, 0.15) is 6.61 Å². The van der Waals surface area contributed by atoms with Gasteiger partial charge in [-0.15, -0.1) is 0 Å². The molecule has 0 saturated carbocycles. The van der Waals surface area contributed by atoms with Crippen LogP contribution < -0.4 is 0 Å². The van der Waals surface area contributed by atoms with E-state index in [1.165, 1.54) is 5.56 Å². The van der Waals surface area contributed by atoms with Crippen molar-refractivity contribution in [3.05, 3.63) is 35.4 Å². The van der Waals surface area contributed by atoms with Crippen LogP contribution in [-0.2, 0) is 16.0 Å². The van der Waals surface area contributed by atoms with Gasteiger partial charge >= 0.3 is 5.97 Å². The Morgan fingerprint density at radius 2 is 2.00 bits per heavy atom. The fraction of sp³-hybridized carbons (Fsp3) is 0.364. The van der Waals surface area contributed by atoms with Gasteiger partial charge in [-0.25, -0.2) is 0 Å². The molecule has 0 fully saturated rings. The van der Waals surface area contributed by atoms with Crippen LogP contribution in [0, 0.1) is 6.92 Å². The zero-order chi connectivity index (χ0) is 10.4. The minimum atomic E-state index is -0.173. The average molecular weight is 257 g/mol. The topological polar surface area (TPSA) is 26.3 Å². The van der Waals surface area contributed by atoms with Crippen LogP contribution in [0.2, 0.25) is 0 Å². The van der Waals surface area contributed by atoms with Gasteiger partial charge in [-0.3, -0.25) is 4.79 Å². The maximum atomic E-state index is 11.2. The molecule has 0 aliphatic heterocycles. The smallest absolute Gasteiger partial charge is 0.310 e. The summed E-state index contributed by atoms with van der Waals surface area (Å²) in [6, 6.07) is 7.88. The highest BCUT2D eigenvalue weighted by molar-refractivity contribution is 9.09. The summed E-state index contributed by atoms with van der Waals surface area (Å²) < 4.78 is 4.94. The minimum Gasteiger partial charge on any atom is -0.465 e. The Hall–Kier alpha value is -0.830. The Morgan fingerprint density at radius 1 is 1.36 bits per heavy atom. The maximum absolute atomic E-state index is 11.2. The standard InChI is InChI=1S/C11H13BrO2/c1-9-2-4-10(5-3-9)8-11(13)14-7-6-12/h2-5H,6-8H2,1H3. The molecule has 1 aromatic carbocycles. The van der Waals surface area contributed by atoms with Gasteiger partial charge in [0.05, 0.1) is 6.42 Å². The first-order chi connectivity index (χ1) is 6.72. The second-order valence-electron chi connectivity index (χ2n) is 3.07. The van der Waals surface area contributed by atoms with E-state index in [1.54, 1.807) is 0 Å². The van der Waals surface area contributed by atoms with Crippen LogP contribution >= 0.6 is 15.9 Å². The second kappa shape index (κ2) is 5.81. The third-order valence-electron chi connectivity index (χ3n) is 1.81. The number of hydrogen-bond acceptors (Lipinski definition) is 2. The van der Waals surface area contributed by atoms with Crippen molar-refractivity contribution in [2.75, 3.05) is 11.9 Å². The van der Waals surface area contributed by atoms with E-state index < -0.39 is 0 Å². The zero-order valence-corrected chi connectivity index (χ0v) is 9.71. The van der Waals surface area contributed by atoms with E-state index in [-0.39, 0.29) is 5.97 Å². The summed E-state index contributed by atoms with van der Waals surface area (Å²) in [4.78, 5) is 11.2. The number of halogens is 1. The molecule has 0 heterocycles. The van der Waals surface area contributed by atoms with Crippen LogP contribution in [0.1, 0.15) is 11.1 Å². The molecule has 0 radical (unpaired) electrons. The number of aryl methyl sites for hydroxylation is 1. The summed E-state index contributed by atoms with van der Waals surface area (Å²) in [5.41, 5.74) is 2.19. The maximum Gasteiger partial charge on any atom is 0.310 e. The lowest BCUT2D eigenvalue weighted by Gasteiger charge is -2.02. The first-order valence-corrected chi connectivity index (χ1v) is 5.61. The molecule has 0 aliphatic carbocycles. The van der Waals surface area contributed by atoms with Gasteiger partial charge in [0.2, 0.25) is 0 Å². The first kappa shape index (κ1) is 11.2. The highest BCUT2D eigenvalue weighted by Crippen LogP contribution is 2.04. The molecule has 0 unspecified atom stereocenters. The molecule has 2 nitrogen and oxygen atoms in total. The van der Waals surface area contributed by atoms with Gasteiger partial charge in [-0.2, -0.15) is 0 Å². The molecule has 0 spiro atoms. The molecular weight excluding hydrogens is 244 g/mol. The number of ether oxygens (including phenoxy) is 1. The Morgan fingerprint density at radius 3 is 2.57 bits per heavy atom. The lowest BCUT2D eigenvalue weighted by Crippen LogP contribution is -2.09. The predicted molar refractivity (Wildman–Crippen MR) is 59.6 cm³/mol. The van der Waals surface area contributed by atoms with Crippen LogP contribution in [0.3, 0.4) is 0 Å². The Bertz CT molecular complexity index is 293. The Labute approximate surface area is 92.4 Å². The van der Waals surface area contributed by atoms with E-state index in [0.29, 0.717) is 18.4 Å². The lowest BCUT2D eigenvalue weighted by atomic mass is 10.1. The molecule has 14 heavy (non-hydrogen) atoms. The molecule has 0 amide bonds. The molecular formula is C11H13BrO2. The number of carbonyl (C=O) groups excluding carboxylic acids is 1. The molecule has 0 aliphatic rings. The molecule has 1 rings (SSSR count). The first-order valence-electron chi connectivity index (χ1n) is 4.49. The van der Waals surface area contributed by atoms with Gasteiger partial charge in [0.15, 0.2) is 0 Å². The van der Waals surface area contributed by atoms with Crippen molar-refractivity contribution in [3.8, 4) is 0 Å². The largest absolute Gasteiger partial charge is 0.465 e. The van der Waals surface area contributed by atoms with E-state index in [1.807, 2.05) is 31.2 Å². The molecule has 1 aromatic rings. The van der Waals surface area contributed by atoms with Gasteiger partial charge < -0.3 is 4.74 Å². The summed E-state index contributed by atoms with van der Waals surface area (Å²) >= 11 is 3.20. The highest BCUT2D eigenvalue weighted by atomic mass is 79.9. The van der Waals surface area contributed by atoms with Crippen molar-refractivity contribution >= 4 is 21.9 Å². The zero-order valence-electron chi connectivity index (χ0n) is 8.13. The monoisotopic (exact) mass is 256 g/mol. The van der Waals surface area contributed by atoms with Crippen molar-refractivity contribution in [3.63, 3.8) is 0 Å². The molecule has 3 heteroatoms. The summed E-state index contributed by atoms with van der Waals surface area (Å²) in [5.74, 6) is -0.173. The number of carbonyl (C=O) groups is 1. The fourth-order valence-electron chi connectivity index (χ4n) is 1.08. The fourth-order valence-corrected chi connectivity index (χ4v) is 1.24. The molecule has 0 aromatic heterocycles. The molecule has 0 atom stereocenters. The van der Waals surface area contributed by atoms with Gasteiger partial charge in [0, 0.05) is 5.33 Å². The lowest BCUT2D eigenvalue weighted by molar-refractivity contribution is -0.142. The van der Waals surface area contributed by atoms with Crippen molar-refractivity contribution in [1.82, 2.24) is 0 Å². The normalized spacial score (nSPS) is 9.86. The van der Waals surface area contributed by atoms with E-state index in [2.05, 4.69) is 15.9 Å². The quantitative estimate of drug-likeness (QED) is 0.611. The SMILES string of the molecule is Cc1ccc(CC(=O)OCCBr)cc1. The number of rotatable bonds is 4. The van der Waals surface area contributed by atoms with Crippen LogP contribution in [0.15, 0.2) is 24.3 Å². The Balaban J connectivity index is 2.44. The third kappa shape index (κ3) is 3.92. The number of benzene rings is 1. The van der Waals surface area contributed by atoms with Crippen molar-refractivity contribution < 1.29 is 9.53 Å². The van der Waals surface area contributed by atoms with Crippen molar-refractivity contribution in [2.24, 2.45) is 0 Å². The van der Waals surface area contributed by atoms with Crippen LogP contribution in [0.5, 0.6) is 0 Å². The second-order valence-corrected chi connectivity index (χ2v) is 3.86. The van der Waals surface area contributed by atoms with Crippen molar-refractivity contribution in [1.29, 1.82) is 0 Å². The van der Waals surface area contributed by atoms with E-state index in [9.17, 15) is 4.79 Å². The molecule has 0 saturated heterocycles. The van der Waals surface area contributed by atoms with Gasteiger partial charge in [-0.1, -0.05) is 45.8 Å². The van der Waals surface area contributed by atoms with E-state index in [4.69, 9.17) is 4.74 Å². The average Bonchev–Trinajstić information content (AvgIpc) is 2.18. The molecule has 0 N–H and O–H groups in total. The van der Waals surface area contributed by atoms with Crippen molar-refractivity contribution in [2.45, 2.75) is 13.3 Å². The third-order valence-corrected chi connectivity index (χ3v) is 2.13. The predicted octanol–water partition coefficient (Wildman–Crippen LogP) is 2.48. The number of alkyl halides is 1. The molecule has 76 valence electrons. The summed E-state index contributed by atoms with van der Waals surface area (Å²) in [6.07, 6.45) is 0.354. The van der Waals surface area contributed by atoms with E-state index in [0.717, 1.165) is 5.56 Å². The van der Waals surface area contributed by atoms with Crippen LogP contribution in [0.4, 0.5) is 0 Å². The minimum absolute atomic E-state index is 0.173. The van der Waals surface area contributed by atoms with E-state index >= 15 is 0 Å². The van der Waals surface area contributed by atoms with Crippen LogP contribution in [-0.4, -0.2) is 17.9 Å². The summed E-state index contributed by atoms with van der Waals surface area (Å²) in [6.45, 7) is 2.46. The number of esters is 1.